The van der Waals surface area contributed by atoms with E-state index in [1.807, 2.05) is 6.07 Å². The number of halogens is 3. The van der Waals surface area contributed by atoms with E-state index in [0.717, 1.165) is 5.39 Å². The summed E-state index contributed by atoms with van der Waals surface area (Å²) in [4.78, 5) is 12.5. The van der Waals surface area contributed by atoms with Crippen LogP contribution in [0.3, 0.4) is 0 Å². The van der Waals surface area contributed by atoms with E-state index >= 15 is 0 Å². The number of thioether (sulfide) groups is 1. The molecule has 0 spiro atoms. The Morgan fingerprint density at radius 2 is 1.43 bits per heavy atom. The molecule has 0 saturated heterocycles. The van der Waals surface area contributed by atoms with Crippen molar-refractivity contribution < 1.29 is 13.2 Å². The maximum atomic E-state index is 12.5. The summed E-state index contributed by atoms with van der Waals surface area (Å²) in [5.41, 5.74) is -4.62. The summed E-state index contributed by atoms with van der Waals surface area (Å²) < 4.78 is 37.4. The van der Waals surface area contributed by atoms with Gasteiger partial charge in [-0.05, 0) is 34.7 Å². The SMILES string of the molecule is O=c1c2ccccc2ccc2ccc(SC(F)(F)F)cc12. The van der Waals surface area contributed by atoms with Crippen molar-refractivity contribution in [1.82, 2.24) is 0 Å². The van der Waals surface area contributed by atoms with Crippen LogP contribution in [0.25, 0.3) is 21.5 Å². The molecule has 0 radical (unpaired) electrons. The number of hydrogen-bond donors (Lipinski definition) is 0. The van der Waals surface area contributed by atoms with Crippen LogP contribution in [0.1, 0.15) is 0 Å². The van der Waals surface area contributed by atoms with Crippen molar-refractivity contribution in [3.63, 3.8) is 0 Å². The van der Waals surface area contributed by atoms with Gasteiger partial charge in [0.15, 0.2) is 5.43 Å². The number of fused-ring (bicyclic) bond motifs is 2. The molecule has 0 N–H and O–H groups in total. The molecule has 5 heteroatoms. The molecule has 0 bridgehead atoms. The minimum atomic E-state index is -4.37. The standard InChI is InChI=1S/C16H9F3OS/c17-16(18,19)21-12-8-7-11-6-5-10-3-1-2-4-13(10)15(20)14(11)9-12/h1-9H. The average molecular weight is 306 g/mol. The smallest absolute Gasteiger partial charge is 0.289 e. The quantitative estimate of drug-likeness (QED) is 0.591. The summed E-state index contributed by atoms with van der Waals surface area (Å²) in [5, 5.41) is 2.19. The molecule has 3 rings (SSSR count). The summed E-state index contributed by atoms with van der Waals surface area (Å²) in [6.45, 7) is 0. The highest BCUT2D eigenvalue weighted by molar-refractivity contribution is 8.00. The van der Waals surface area contributed by atoms with Gasteiger partial charge in [0.25, 0.3) is 0 Å². The fourth-order valence-corrected chi connectivity index (χ4v) is 2.83. The van der Waals surface area contributed by atoms with Gasteiger partial charge in [-0.1, -0.05) is 42.5 Å². The summed E-state index contributed by atoms with van der Waals surface area (Å²) in [5.74, 6) is 0. The zero-order valence-corrected chi connectivity index (χ0v) is 11.5. The normalized spacial score (nSPS) is 12.0. The van der Waals surface area contributed by atoms with Crippen LogP contribution < -0.4 is 5.43 Å². The molecule has 0 aliphatic rings. The summed E-state index contributed by atoms with van der Waals surface area (Å²) in [6, 6.07) is 14.8. The lowest BCUT2D eigenvalue weighted by Gasteiger charge is -2.05. The minimum absolute atomic E-state index is 0.0161. The van der Waals surface area contributed by atoms with Crippen molar-refractivity contribution in [3.8, 4) is 0 Å². The van der Waals surface area contributed by atoms with E-state index in [2.05, 4.69) is 0 Å². The van der Waals surface area contributed by atoms with Gasteiger partial charge in [0.1, 0.15) is 0 Å². The predicted molar refractivity (Wildman–Crippen MR) is 79.6 cm³/mol. The van der Waals surface area contributed by atoms with Crippen molar-refractivity contribution in [2.45, 2.75) is 10.4 Å². The van der Waals surface area contributed by atoms with Gasteiger partial charge in [0.2, 0.25) is 0 Å². The van der Waals surface area contributed by atoms with Crippen LogP contribution in [0.2, 0.25) is 0 Å². The molecule has 0 aliphatic carbocycles. The zero-order valence-electron chi connectivity index (χ0n) is 10.6. The van der Waals surface area contributed by atoms with Crippen molar-refractivity contribution in [2.75, 3.05) is 0 Å². The minimum Gasteiger partial charge on any atom is -0.289 e. The van der Waals surface area contributed by atoms with Gasteiger partial charge >= 0.3 is 5.51 Å². The number of benzene rings is 2. The lowest BCUT2D eigenvalue weighted by molar-refractivity contribution is -0.0328. The fraction of sp³-hybridized carbons (Fsp3) is 0.0625. The molecule has 3 aromatic carbocycles. The van der Waals surface area contributed by atoms with Crippen molar-refractivity contribution in [2.24, 2.45) is 0 Å². The van der Waals surface area contributed by atoms with Crippen LogP contribution in [-0.4, -0.2) is 5.51 Å². The van der Waals surface area contributed by atoms with E-state index in [-0.39, 0.29) is 22.1 Å². The van der Waals surface area contributed by atoms with Gasteiger partial charge in [-0.3, -0.25) is 4.79 Å². The molecule has 1 nitrogen and oxygen atoms in total. The highest BCUT2D eigenvalue weighted by Crippen LogP contribution is 2.37. The largest absolute Gasteiger partial charge is 0.446 e. The fourth-order valence-electron chi connectivity index (χ4n) is 2.25. The molecule has 0 aromatic heterocycles. The van der Waals surface area contributed by atoms with Crippen molar-refractivity contribution in [1.29, 1.82) is 0 Å². The van der Waals surface area contributed by atoms with Gasteiger partial charge in [-0.2, -0.15) is 13.2 Å². The number of alkyl halides is 3. The molecule has 0 amide bonds. The first-order valence-electron chi connectivity index (χ1n) is 6.16. The Bertz CT molecular complexity index is 887. The maximum Gasteiger partial charge on any atom is 0.446 e. The first-order chi connectivity index (χ1) is 9.94. The van der Waals surface area contributed by atoms with Crippen LogP contribution in [0.5, 0.6) is 0 Å². The molecule has 0 aliphatic heterocycles. The summed E-state index contributed by atoms with van der Waals surface area (Å²) in [6.07, 6.45) is 0. The van der Waals surface area contributed by atoms with Crippen molar-refractivity contribution in [3.05, 3.63) is 64.8 Å². The van der Waals surface area contributed by atoms with Crippen LogP contribution in [0.4, 0.5) is 13.2 Å². The van der Waals surface area contributed by atoms with Crippen LogP contribution in [0.15, 0.2) is 64.3 Å². The Hall–Kier alpha value is -2.01. The molecular weight excluding hydrogens is 297 g/mol. The monoisotopic (exact) mass is 306 g/mol. The molecular formula is C16H9F3OS. The molecule has 0 saturated carbocycles. The second-order valence-corrected chi connectivity index (χ2v) is 5.69. The van der Waals surface area contributed by atoms with Gasteiger partial charge in [0, 0.05) is 15.7 Å². The van der Waals surface area contributed by atoms with Gasteiger partial charge in [-0.25, -0.2) is 0 Å². The third-order valence-corrected chi connectivity index (χ3v) is 3.87. The number of hydrogen-bond acceptors (Lipinski definition) is 2. The maximum absolute atomic E-state index is 12.5. The Kier molecular flexibility index (Phi) is 3.37. The Balaban J connectivity index is 2.32. The van der Waals surface area contributed by atoms with E-state index < -0.39 is 5.51 Å². The van der Waals surface area contributed by atoms with Gasteiger partial charge < -0.3 is 0 Å². The van der Waals surface area contributed by atoms with Crippen LogP contribution in [-0.2, 0) is 0 Å². The second-order valence-electron chi connectivity index (χ2n) is 4.55. The van der Waals surface area contributed by atoms with Crippen molar-refractivity contribution >= 4 is 33.3 Å². The van der Waals surface area contributed by atoms with E-state index in [9.17, 15) is 18.0 Å². The number of rotatable bonds is 1. The molecule has 3 aromatic rings. The van der Waals surface area contributed by atoms with E-state index in [1.165, 1.54) is 12.1 Å². The van der Waals surface area contributed by atoms with Crippen LogP contribution >= 0.6 is 11.8 Å². The molecule has 21 heavy (non-hydrogen) atoms. The molecule has 0 unspecified atom stereocenters. The topological polar surface area (TPSA) is 17.1 Å². The molecule has 106 valence electrons. The van der Waals surface area contributed by atoms with E-state index in [0.29, 0.717) is 16.2 Å². The second kappa shape index (κ2) is 5.07. The molecule has 0 atom stereocenters. The predicted octanol–water partition coefficient (Wildman–Crippen LogP) is 4.97. The third kappa shape index (κ3) is 2.88. The molecule has 0 fully saturated rings. The van der Waals surface area contributed by atoms with Gasteiger partial charge in [0.05, 0.1) is 0 Å². The van der Waals surface area contributed by atoms with Gasteiger partial charge in [-0.15, -0.1) is 0 Å². The zero-order chi connectivity index (χ0) is 15.0. The van der Waals surface area contributed by atoms with Crippen LogP contribution in [0, 0.1) is 0 Å². The summed E-state index contributed by atoms with van der Waals surface area (Å²) in [7, 11) is 0. The first kappa shape index (κ1) is 13.9. The lowest BCUT2D eigenvalue weighted by Crippen LogP contribution is -2.01. The molecule has 0 heterocycles. The average Bonchev–Trinajstić information content (AvgIpc) is 2.56. The first-order valence-corrected chi connectivity index (χ1v) is 6.97. The Morgan fingerprint density at radius 1 is 0.810 bits per heavy atom. The Labute approximate surface area is 122 Å². The Morgan fingerprint density at radius 3 is 2.14 bits per heavy atom. The third-order valence-electron chi connectivity index (χ3n) is 3.15. The van der Waals surface area contributed by atoms with E-state index in [1.54, 1.807) is 36.4 Å². The highest BCUT2D eigenvalue weighted by Gasteiger charge is 2.29. The summed E-state index contributed by atoms with van der Waals surface area (Å²) >= 11 is -0.213. The van der Waals surface area contributed by atoms with E-state index in [4.69, 9.17) is 0 Å². The lowest BCUT2D eigenvalue weighted by atomic mass is 10.1. The highest BCUT2D eigenvalue weighted by atomic mass is 32.2.